The van der Waals surface area contributed by atoms with Gasteiger partial charge in [-0.25, -0.2) is 4.79 Å². The monoisotopic (exact) mass is 412 g/mol. The lowest BCUT2D eigenvalue weighted by Gasteiger charge is -2.27. The van der Waals surface area contributed by atoms with Gasteiger partial charge in [-0.1, -0.05) is 12.1 Å². The maximum absolute atomic E-state index is 12.8. The van der Waals surface area contributed by atoms with Crippen molar-refractivity contribution < 1.29 is 24.0 Å². The van der Waals surface area contributed by atoms with Crippen LogP contribution in [0.4, 0.5) is 22.7 Å². The first-order valence-electron chi connectivity index (χ1n) is 9.16. The number of hydrogen-bond acceptors (Lipinski definition) is 7. The maximum atomic E-state index is 12.8. The molecule has 0 fully saturated rings. The van der Waals surface area contributed by atoms with Crippen molar-refractivity contribution in [3.63, 3.8) is 0 Å². The third-order valence-corrected chi connectivity index (χ3v) is 4.65. The minimum absolute atomic E-state index is 0.0466. The Morgan fingerprint density at radius 3 is 2.73 bits per heavy atom. The van der Waals surface area contributed by atoms with E-state index in [1.54, 1.807) is 31.2 Å². The lowest BCUT2D eigenvalue weighted by molar-refractivity contribution is -0.384. The van der Waals surface area contributed by atoms with E-state index in [2.05, 4.69) is 10.6 Å². The van der Waals surface area contributed by atoms with Gasteiger partial charge in [-0.3, -0.25) is 19.7 Å². The van der Waals surface area contributed by atoms with E-state index in [0.717, 1.165) is 6.07 Å². The number of nitrogens with zero attached hydrogens (tertiary/aromatic N) is 2. The van der Waals surface area contributed by atoms with Crippen molar-refractivity contribution in [1.29, 1.82) is 0 Å². The number of nitrogens with one attached hydrogen (secondary N) is 2. The second-order valence-corrected chi connectivity index (χ2v) is 6.70. The van der Waals surface area contributed by atoms with E-state index >= 15 is 0 Å². The average Bonchev–Trinajstić information content (AvgIpc) is 2.85. The summed E-state index contributed by atoms with van der Waals surface area (Å²) < 4.78 is 5.10. The molecular weight excluding hydrogens is 392 g/mol. The molecule has 2 aromatic rings. The number of esters is 1. The largest absolute Gasteiger partial charge is 0.452 e. The zero-order valence-electron chi connectivity index (χ0n) is 16.4. The summed E-state index contributed by atoms with van der Waals surface area (Å²) in [5, 5.41) is 16.6. The number of nitro groups is 1. The zero-order chi connectivity index (χ0) is 21.8. The first-order valence-corrected chi connectivity index (χ1v) is 9.16. The molecule has 10 nitrogen and oxygen atoms in total. The van der Waals surface area contributed by atoms with Crippen LogP contribution < -0.4 is 15.5 Å². The standard InChI is InChI=1S/C20H20N4O6/c1-12-9-18(25)22-15-5-3-4-6-16(15)23(12)19(26)11-30-20(27)13-7-8-14(21-2)17(10-13)24(28)29/h3-8,10,12,21H,9,11H2,1-2H3,(H,22,25). The molecule has 10 heteroatoms. The molecule has 0 saturated carbocycles. The summed E-state index contributed by atoms with van der Waals surface area (Å²) in [6.45, 7) is 1.15. The molecule has 0 radical (unpaired) electrons. The first kappa shape index (κ1) is 20.8. The van der Waals surface area contributed by atoms with Crippen LogP contribution >= 0.6 is 0 Å². The SMILES string of the molecule is CNc1ccc(C(=O)OCC(=O)N2c3ccccc3NC(=O)CC2C)cc1[N+](=O)[O-]. The Labute approximate surface area is 172 Å². The molecule has 2 N–H and O–H groups in total. The highest BCUT2D eigenvalue weighted by atomic mass is 16.6. The van der Waals surface area contributed by atoms with Crippen molar-refractivity contribution in [2.45, 2.75) is 19.4 Å². The van der Waals surface area contributed by atoms with Gasteiger partial charge < -0.3 is 20.3 Å². The zero-order valence-corrected chi connectivity index (χ0v) is 16.4. The van der Waals surface area contributed by atoms with E-state index in [9.17, 15) is 24.5 Å². The van der Waals surface area contributed by atoms with E-state index in [-0.39, 0.29) is 29.3 Å². The summed E-state index contributed by atoms with van der Waals surface area (Å²) in [7, 11) is 1.53. The van der Waals surface area contributed by atoms with Crippen molar-refractivity contribution in [1.82, 2.24) is 0 Å². The molecule has 1 aliphatic rings. The average molecular weight is 412 g/mol. The third-order valence-electron chi connectivity index (χ3n) is 4.65. The number of carbonyl (C=O) groups excluding carboxylic acids is 3. The highest BCUT2D eigenvalue weighted by molar-refractivity contribution is 6.05. The molecule has 3 rings (SSSR count). The second-order valence-electron chi connectivity index (χ2n) is 6.70. The van der Waals surface area contributed by atoms with Gasteiger partial charge in [0, 0.05) is 25.6 Å². The third kappa shape index (κ3) is 4.22. The van der Waals surface area contributed by atoms with Gasteiger partial charge in [0.15, 0.2) is 6.61 Å². The van der Waals surface area contributed by atoms with Crippen molar-refractivity contribution >= 4 is 40.5 Å². The van der Waals surface area contributed by atoms with Crippen molar-refractivity contribution in [2.24, 2.45) is 0 Å². The van der Waals surface area contributed by atoms with Crippen molar-refractivity contribution in [3.05, 3.63) is 58.1 Å². The molecule has 0 saturated heterocycles. The molecular formula is C20H20N4O6. The summed E-state index contributed by atoms with van der Waals surface area (Å²) in [6, 6.07) is 10.2. The number of para-hydroxylation sites is 2. The molecule has 0 spiro atoms. The molecule has 2 amide bonds. The highest BCUT2D eigenvalue weighted by Gasteiger charge is 2.30. The molecule has 0 aromatic heterocycles. The number of fused-ring (bicyclic) bond motifs is 1. The fraction of sp³-hybridized carbons (Fsp3) is 0.250. The van der Waals surface area contributed by atoms with E-state index < -0.39 is 29.4 Å². The van der Waals surface area contributed by atoms with Gasteiger partial charge >= 0.3 is 5.97 Å². The Bertz CT molecular complexity index is 1020. The number of hydrogen-bond donors (Lipinski definition) is 2. The number of benzene rings is 2. The normalized spacial score (nSPS) is 15.5. The maximum Gasteiger partial charge on any atom is 0.338 e. The van der Waals surface area contributed by atoms with Gasteiger partial charge in [0.25, 0.3) is 11.6 Å². The Morgan fingerprint density at radius 1 is 1.30 bits per heavy atom. The molecule has 1 unspecified atom stereocenters. The Kier molecular flexibility index (Phi) is 5.95. The number of rotatable bonds is 5. The van der Waals surface area contributed by atoms with Gasteiger partial charge in [-0.2, -0.15) is 0 Å². The Hall–Kier alpha value is -3.95. The number of anilines is 3. The summed E-state index contributed by atoms with van der Waals surface area (Å²) in [4.78, 5) is 49.2. The molecule has 156 valence electrons. The van der Waals surface area contributed by atoms with E-state index in [1.165, 1.54) is 24.1 Å². The van der Waals surface area contributed by atoms with Gasteiger partial charge in [-0.05, 0) is 31.2 Å². The fourth-order valence-electron chi connectivity index (χ4n) is 3.27. The van der Waals surface area contributed by atoms with Crippen LogP contribution in [0.25, 0.3) is 0 Å². The Balaban J connectivity index is 1.77. The number of ether oxygens (including phenoxy) is 1. The molecule has 0 aliphatic carbocycles. The molecule has 1 aliphatic heterocycles. The number of carbonyl (C=O) groups is 3. The predicted octanol–water partition coefficient (Wildman–Crippen LogP) is 2.56. The molecule has 30 heavy (non-hydrogen) atoms. The lowest BCUT2D eigenvalue weighted by Crippen LogP contribution is -2.41. The summed E-state index contributed by atoms with van der Waals surface area (Å²) >= 11 is 0. The van der Waals surface area contributed by atoms with E-state index in [4.69, 9.17) is 4.74 Å². The highest BCUT2D eigenvalue weighted by Crippen LogP contribution is 2.31. The first-order chi connectivity index (χ1) is 14.3. The molecule has 1 heterocycles. The van der Waals surface area contributed by atoms with Crippen LogP contribution in [0, 0.1) is 10.1 Å². The minimum Gasteiger partial charge on any atom is -0.452 e. The summed E-state index contributed by atoms with van der Waals surface area (Å²) in [5.41, 5.74) is 0.920. The van der Waals surface area contributed by atoms with Gasteiger partial charge in [0.1, 0.15) is 5.69 Å². The minimum atomic E-state index is -0.862. The van der Waals surface area contributed by atoms with E-state index in [0.29, 0.717) is 11.4 Å². The summed E-state index contributed by atoms with van der Waals surface area (Å²) in [5.74, 6) is -1.60. The smallest absolute Gasteiger partial charge is 0.338 e. The number of nitro benzene ring substituents is 1. The van der Waals surface area contributed by atoms with Crippen LogP contribution in [-0.2, 0) is 14.3 Å². The van der Waals surface area contributed by atoms with E-state index in [1.807, 2.05) is 0 Å². The molecule has 2 aromatic carbocycles. The van der Waals surface area contributed by atoms with Crippen molar-refractivity contribution in [2.75, 3.05) is 29.2 Å². The quantitative estimate of drug-likeness (QED) is 0.438. The Morgan fingerprint density at radius 2 is 2.03 bits per heavy atom. The van der Waals surface area contributed by atoms with Gasteiger partial charge in [0.2, 0.25) is 5.91 Å². The van der Waals surface area contributed by atoms with Gasteiger partial charge in [-0.15, -0.1) is 0 Å². The van der Waals surface area contributed by atoms with Crippen LogP contribution in [-0.4, -0.2) is 42.4 Å². The number of amides is 2. The van der Waals surface area contributed by atoms with Crippen molar-refractivity contribution in [3.8, 4) is 0 Å². The topological polar surface area (TPSA) is 131 Å². The van der Waals surface area contributed by atoms with Crippen LogP contribution in [0.1, 0.15) is 23.7 Å². The van der Waals surface area contributed by atoms with Gasteiger partial charge in [0.05, 0.1) is 21.9 Å². The van der Waals surface area contributed by atoms with Crippen LogP contribution in [0.5, 0.6) is 0 Å². The van der Waals surface area contributed by atoms with Crippen LogP contribution in [0.2, 0.25) is 0 Å². The van der Waals surface area contributed by atoms with Crippen LogP contribution in [0.15, 0.2) is 42.5 Å². The fourth-order valence-corrected chi connectivity index (χ4v) is 3.27. The summed E-state index contributed by atoms with van der Waals surface area (Å²) in [6.07, 6.45) is 0.0893. The predicted molar refractivity (Wildman–Crippen MR) is 110 cm³/mol. The van der Waals surface area contributed by atoms with Crippen LogP contribution in [0.3, 0.4) is 0 Å². The molecule has 1 atom stereocenters. The molecule has 0 bridgehead atoms. The lowest BCUT2D eigenvalue weighted by atomic mass is 10.1. The second kappa shape index (κ2) is 8.60.